The summed E-state index contributed by atoms with van der Waals surface area (Å²) in [6.45, 7) is 0. The molecule has 1 N–H and O–H groups in total. The van der Waals surface area contributed by atoms with Crippen LogP contribution < -0.4 is 5.32 Å². The average Bonchev–Trinajstić information content (AvgIpc) is 2.46. The van der Waals surface area contributed by atoms with Crippen molar-refractivity contribution in [2.24, 2.45) is 0 Å². The van der Waals surface area contributed by atoms with Crippen LogP contribution in [0.3, 0.4) is 0 Å². The number of rotatable bonds is 3. The maximum Gasteiger partial charge on any atom is 0.251 e. The van der Waals surface area contributed by atoms with E-state index in [1.165, 1.54) is 0 Å². The fourth-order valence-corrected chi connectivity index (χ4v) is 1.81. The fourth-order valence-electron chi connectivity index (χ4n) is 1.81. The third-order valence-electron chi connectivity index (χ3n) is 2.76. The Morgan fingerprint density at radius 1 is 1.06 bits per heavy atom. The van der Waals surface area contributed by atoms with Crippen LogP contribution in [-0.4, -0.2) is 19.2 Å². The van der Waals surface area contributed by atoms with E-state index in [0.717, 1.165) is 17.4 Å². The topological polar surface area (TPSA) is 46.2 Å². The number of nitrogens with one attached hydrogen (secondary N) is 1. The van der Waals surface area contributed by atoms with Gasteiger partial charge in [-0.2, -0.15) is 0 Å². The highest BCUT2D eigenvalue weighted by atomic mass is 16.1. The summed E-state index contributed by atoms with van der Waals surface area (Å²) in [7, 11) is 1.61. The number of carbonyl (C=O) groups excluding carboxylic acids is 2. The molecule has 2 rings (SSSR count). The third-order valence-corrected chi connectivity index (χ3v) is 2.76. The van der Waals surface area contributed by atoms with Gasteiger partial charge in [0.05, 0.1) is 0 Å². The fraction of sp³-hybridized carbons (Fsp3) is 0.0667. The first kappa shape index (κ1) is 12.0. The number of benzene rings is 2. The molecule has 0 fully saturated rings. The van der Waals surface area contributed by atoms with E-state index in [0.29, 0.717) is 11.1 Å². The molecular formula is C15H13NO2. The molecule has 0 aliphatic heterocycles. The molecule has 0 aliphatic carbocycles. The van der Waals surface area contributed by atoms with Crippen LogP contribution in [0.4, 0.5) is 0 Å². The Balaban J connectivity index is 2.49. The van der Waals surface area contributed by atoms with Crippen LogP contribution >= 0.6 is 0 Å². The first-order chi connectivity index (χ1) is 8.76. The highest BCUT2D eigenvalue weighted by molar-refractivity contribution is 6.00. The van der Waals surface area contributed by atoms with Crippen LogP contribution in [0.5, 0.6) is 0 Å². The largest absolute Gasteiger partial charge is 0.355 e. The van der Waals surface area contributed by atoms with E-state index < -0.39 is 0 Å². The Morgan fingerprint density at radius 2 is 1.72 bits per heavy atom. The van der Waals surface area contributed by atoms with E-state index in [4.69, 9.17) is 0 Å². The molecule has 0 saturated heterocycles. The standard InChI is InChI=1S/C15H13NO2/c1-16-15(18)14-5-3-2-4-13(14)12-8-6-11(10-17)7-9-12/h2-10H,1H3,(H,16,18). The summed E-state index contributed by atoms with van der Waals surface area (Å²) in [6, 6.07) is 14.5. The van der Waals surface area contributed by atoms with Gasteiger partial charge in [0.1, 0.15) is 6.29 Å². The lowest BCUT2D eigenvalue weighted by Gasteiger charge is -2.08. The molecule has 2 aromatic carbocycles. The van der Waals surface area contributed by atoms with Crippen molar-refractivity contribution in [1.82, 2.24) is 5.32 Å². The molecule has 0 heterocycles. The van der Waals surface area contributed by atoms with Crippen LogP contribution in [0.25, 0.3) is 11.1 Å². The van der Waals surface area contributed by atoms with Crippen LogP contribution in [0, 0.1) is 0 Å². The highest BCUT2D eigenvalue weighted by Crippen LogP contribution is 2.23. The lowest BCUT2D eigenvalue weighted by atomic mass is 9.98. The van der Waals surface area contributed by atoms with Crippen molar-refractivity contribution in [2.45, 2.75) is 0 Å². The van der Waals surface area contributed by atoms with Crippen LogP contribution in [-0.2, 0) is 0 Å². The number of hydrogen-bond acceptors (Lipinski definition) is 2. The molecule has 1 amide bonds. The summed E-state index contributed by atoms with van der Waals surface area (Å²) in [5, 5.41) is 2.62. The predicted octanol–water partition coefficient (Wildman–Crippen LogP) is 2.53. The minimum absolute atomic E-state index is 0.120. The van der Waals surface area contributed by atoms with Gasteiger partial charge < -0.3 is 5.32 Å². The van der Waals surface area contributed by atoms with Crippen molar-refractivity contribution in [3.63, 3.8) is 0 Å². The molecule has 0 radical (unpaired) electrons. The summed E-state index contributed by atoms with van der Waals surface area (Å²) in [5.41, 5.74) is 3.02. The minimum Gasteiger partial charge on any atom is -0.355 e. The van der Waals surface area contributed by atoms with Gasteiger partial charge in [-0.1, -0.05) is 42.5 Å². The Labute approximate surface area is 105 Å². The predicted molar refractivity (Wildman–Crippen MR) is 70.7 cm³/mol. The van der Waals surface area contributed by atoms with Gasteiger partial charge in [-0.3, -0.25) is 9.59 Å². The molecule has 0 unspecified atom stereocenters. The summed E-state index contributed by atoms with van der Waals surface area (Å²) < 4.78 is 0. The highest BCUT2D eigenvalue weighted by Gasteiger charge is 2.10. The zero-order chi connectivity index (χ0) is 13.0. The van der Waals surface area contributed by atoms with E-state index in [1.54, 1.807) is 25.2 Å². The maximum absolute atomic E-state index is 11.8. The first-order valence-corrected chi connectivity index (χ1v) is 5.63. The second kappa shape index (κ2) is 5.27. The van der Waals surface area contributed by atoms with Gasteiger partial charge >= 0.3 is 0 Å². The van der Waals surface area contributed by atoms with Crippen molar-refractivity contribution >= 4 is 12.2 Å². The summed E-state index contributed by atoms with van der Waals surface area (Å²) in [6.07, 6.45) is 0.800. The molecule has 0 spiro atoms. The van der Waals surface area contributed by atoms with Crippen molar-refractivity contribution in [1.29, 1.82) is 0 Å². The van der Waals surface area contributed by atoms with Gasteiger partial charge in [-0.05, 0) is 17.2 Å². The molecular weight excluding hydrogens is 226 g/mol. The molecule has 0 bridgehead atoms. The second-order valence-corrected chi connectivity index (χ2v) is 3.86. The van der Waals surface area contributed by atoms with Crippen molar-refractivity contribution in [3.05, 3.63) is 59.7 Å². The molecule has 3 nitrogen and oxygen atoms in total. The molecule has 18 heavy (non-hydrogen) atoms. The molecule has 3 heteroatoms. The van der Waals surface area contributed by atoms with E-state index in [9.17, 15) is 9.59 Å². The number of amides is 1. The smallest absolute Gasteiger partial charge is 0.251 e. The van der Waals surface area contributed by atoms with E-state index >= 15 is 0 Å². The quantitative estimate of drug-likeness (QED) is 0.836. The zero-order valence-electron chi connectivity index (χ0n) is 10.0. The normalized spacial score (nSPS) is 9.83. The van der Waals surface area contributed by atoms with Crippen molar-refractivity contribution in [2.75, 3.05) is 7.05 Å². The number of carbonyl (C=O) groups is 2. The summed E-state index contributed by atoms with van der Waals surface area (Å²) in [4.78, 5) is 22.4. The van der Waals surface area contributed by atoms with Crippen LogP contribution in [0.2, 0.25) is 0 Å². The Morgan fingerprint density at radius 3 is 2.33 bits per heavy atom. The van der Waals surface area contributed by atoms with Gasteiger partial charge in [0.25, 0.3) is 5.91 Å². The van der Waals surface area contributed by atoms with E-state index in [2.05, 4.69) is 5.32 Å². The first-order valence-electron chi connectivity index (χ1n) is 5.63. The summed E-state index contributed by atoms with van der Waals surface area (Å²) in [5.74, 6) is -0.120. The van der Waals surface area contributed by atoms with Gasteiger partial charge in [-0.25, -0.2) is 0 Å². The zero-order valence-corrected chi connectivity index (χ0v) is 10.0. The molecule has 0 saturated carbocycles. The molecule has 0 aliphatic rings. The van der Waals surface area contributed by atoms with Crippen LogP contribution in [0.15, 0.2) is 48.5 Å². The lowest BCUT2D eigenvalue weighted by Crippen LogP contribution is -2.18. The SMILES string of the molecule is CNC(=O)c1ccccc1-c1ccc(C=O)cc1. The molecule has 90 valence electrons. The average molecular weight is 239 g/mol. The second-order valence-electron chi connectivity index (χ2n) is 3.86. The summed E-state index contributed by atoms with van der Waals surface area (Å²) >= 11 is 0. The lowest BCUT2D eigenvalue weighted by molar-refractivity contribution is 0.0963. The molecule has 0 atom stereocenters. The van der Waals surface area contributed by atoms with Gasteiger partial charge in [0.2, 0.25) is 0 Å². The number of aldehydes is 1. The van der Waals surface area contributed by atoms with E-state index in [1.807, 2.05) is 30.3 Å². The maximum atomic E-state index is 11.8. The molecule has 2 aromatic rings. The monoisotopic (exact) mass is 239 g/mol. The Hall–Kier alpha value is -2.42. The van der Waals surface area contributed by atoms with Crippen molar-refractivity contribution < 1.29 is 9.59 Å². The van der Waals surface area contributed by atoms with Gasteiger partial charge in [-0.15, -0.1) is 0 Å². The molecule has 0 aromatic heterocycles. The van der Waals surface area contributed by atoms with E-state index in [-0.39, 0.29) is 5.91 Å². The minimum atomic E-state index is -0.120. The van der Waals surface area contributed by atoms with Gasteiger partial charge in [0.15, 0.2) is 0 Å². The number of hydrogen-bond donors (Lipinski definition) is 1. The third kappa shape index (κ3) is 2.30. The Kier molecular flexibility index (Phi) is 3.53. The van der Waals surface area contributed by atoms with Crippen molar-refractivity contribution in [3.8, 4) is 11.1 Å². The van der Waals surface area contributed by atoms with Gasteiger partial charge in [0, 0.05) is 18.2 Å². The Bertz CT molecular complexity index is 573. The van der Waals surface area contributed by atoms with Crippen LogP contribution in [0.1, 0.15) is 20.7 Å².